The monoisotopic (exact) mass is 539 g/mol. The summed E-state index contributed by atoms with van der Waals surface area (Å²) in [5, 5.41) is 15.8. The molecule has 3 aliphatic rings. The molecule has 0 radical (unpaired) electrons. The average molecular weight is 540 g/mol. The smallest absolute Gasteiger partial charge is 0.248 e. The van der Waals surface area contributed by atoms with Gasteiger partial charge in [-0.2, -0.15) is 0 Å². The number of anilines is 1. The summed E-state index contributed by atoms with van der Waals surface area (Å²) in [7, 11) is 3.15. The highest BCUT2D eigenvalue weighted by Gasteiger charge is 2.76. The van der Waals surface area contributed by atoms with Crippen LogP contribution in [0.4, 0.5) is 5.69 Å². The van der Waals surface area contributed by atoms with Gasteiger partial charge in [-0.05, 0) is 36.6 Å². The Morgan fingerprint density at radius 2 is 1.97 bits per heavy atom. The van der Waals surface area contributed by atoms with Crippen LogP contribution in [0, 0.1) is 17.8 Å². The SMILES string of the molecule is CNC(=O)[C@H]1[C@H]2C(=O)N([C@@H](CO)C(C)C)C(C(=O)Nc3ccc(OC)cc3)C23CC(Br)[C@@H]1S3. The van der Waals surface area contributed by atoms with Gasteiger partial charge in [0.1, 0.15) is 11.8 Å². The van der Waals surface area contributed by atoms with E-state index in [4.69, 9.17) is 4.74 Å². The number of hydrogen-bond acceptors (Lipinski definition) is 6. The number of halogens is 1. The first-order chi connectivity index (χ1) is 15.7. The first kappa shape index (κ1) is 24.3. The number of carbonyl (C=O) groups excluding carboxylic acids is 3. The second-order valence-corrected chi connectivity index (χ2v) is 12.0. The van der Waals surface area contributed by atoms with Crippen LogP contribution >= 0.6 is 27.7 Å². The van der Waals surface area contributed by atoms with Crippen molar-refractivity contribution >= 4 is 51.1 Å². The molecule has 3 saturated heterocycles. The van der Waals surface area contributed by atoms with Gasteiger partial charge in [0.25, 0.3) is 0 Å². The maximum absolute atomic E-state index is 13.9. The third-order valence-corrected chi connectivity index (χ3v) is 10.4. The lowest BCUT2D eigenvalue weighted by molar-refractivity contribution is -0.142. The third kappa shape index (κ3) is 3.74. The van der Waals surface area contributed by atoms with E-state index in [-0.39, 0.29) is 40.3 Å². The number of methoxy groups -OCH3 is 1. The molecule has 1 aromatic carbocycles. The summed E-state index contributed by atoms with van der Waals surface area (Å²) in [6.07, 6.45) is 0.597. The fourth-order valence-electron chi connectivity index (χ4n) is 5.70. The van der Waals surface area contributed by atoms with Crippen LogP contribution in [0.1, 0.15) is 20.3 Å². The molecule has 10 heteroatoms. The van der Waals surface area contributed by atoms with Gasteiger partial charge in [0, 0.05) is 22.8 Å². The van der Waals surface area contributed by atoms with Crippen LogP contribution in [-0.4, -0.2) is 75.4 Å². The minimum atomic E-state index is -0.804. The van der Waals surface area contributed by atoms with Gasteiger partial charge in [0.15, 0.2) is 0 Å². The van der Waals surface area contributed by atoms with E-state index in [1.165, 1.54) is 0 Å². The first-order valence-corrected chi connectivity index (χ1v) is 12.9. The van der Waals surface area contributed by atoms with Crippen molar-refractivity contribution in [1.29, 1.82) is 0 Å². The standard InChI is InChI=1S/C23H30BrN3O5S/c1-11(2)15(10-28)27-19(21(30)26-12-5-7-13(32-4)8-6-12)23-9-14(24)18(33-23)16(20(29)25-3)17(23)22(27)31/h5-8,11,14-19,28H,9-10H2,1-4H3,(H,25,29)(H,26,30)/t14?,15-,16-,17-,18-,19?,23?/m0/s1. The van der Waals surface area contributed by atoms with E-state index in [2.05, 4.69) is 26.6 Å². The minimum Gasteiger partial charge on any atom is -0.497 e. The normalized spacial score (nSPS) is 33.2. The molecule has 0 aliphatic carbocycles. The van der Waals surface area contributed by atoms with Gasteiger partial charge in [-0.1, -0.05) is 29.8 Å². The predicted octanol–water partition coefficient (Wildman–Crippen LogP) is 1.86. The molecule has 3 N–H and O–H groups in total. The zero-order valence-electron chi connectivity index (χ0n) is 19.1. The number of hydrogen-bond donors (Lipinski definition) is 3. The maximum Gasteiger partial charge on any atom is 0.248 e. The number of carbonyl (C=O) groups is 3. The summed E-state index contributed by atoms with van der Waals surface area (Å²) in [4.78, 5) is 42.1. The molecular formula is C23H30BrN3O5S. The first-order valence-electron chi connectivity index (χ1n) is 11.1. The number of nitrogens with zero attached hydrogens (tertiary/aromatic N) is 1. The molecule has 3 amide bonds. The fraction of sp³-hybridized carbons (Fsp3) is 0.609. The number of ether oxygens (including phenoxy) is 1. The lowest BCUT2D eigenvalue weighted by atomic mass is 9.70. The maximum atomic E-state index is 13.9. The van der Waals surface area contributed by atoms with Gasteiger partial charge in [-0.3, -0.25) is 14.4 Å². The molecule has 0 aromatic heterocycles. The van der Waals surface area contributed by atoms with Crippen LogP contribution in [0.5, 0.6) is 5.75 Å². The molecule has 2 bridgehead atoms. The molecule has 1 spiro atoms. The van der Waals surface area contributed by atoms with Gasteiger partial charge in [0.05, 0.1) is 36.3 Å². The predicted molar refractivity (Wildman–Crippen MR) is 130 cm³/mol. The van der Waals surface area contributed by atoms with E-state index in [1.54, 1.807) is 55.1 Å². The summed E-state index contributed by atoms with van der Waals surface area (Å²) in [6, 6.07) is 5.68. The van der Waals surface area contributed by atoms with Gasteiger partial charge >= 0.3 is 0 Å². The molecule has 180 valence electrons. The Hall–Kier alpha value is -1.78. The van der Waals surface area contributed by atoms with E-state index in [9.17, 15) is 19.5 Å². The second-order valence-electron chi connectivity index (χ2n) is 9.23. The molecule has 3 aliphatic heterocycles. The molecule has 4 rings (SSSR count). The van der Waals surface area contributed by atoms with E-state index < -0.39 is 28.7 Å². The molecule has 3 heterocycles. The number of alkyl halides is 1. The topological polar surface area (TPSA) is 108 Å². The number of aliphatic hydroxyl groups is 1. The molecule has 33 heavy (non-hydrogen) atoms. The van der Waals surface area contributed by atoms with Crippen molar-refractivity contribution in [2.45, 2.75) is 47.2 Å². The number of likely N-dealkylation sites (tertiary alicyclic amines) is 1. The van der Waals surface area contributed by atoms with Crippen molar-refractivity contribution < 1.29 is 24.2 Å². The van der Waals surface area contributed by atoms with E-state index >= 15 is 0 Å². The quantitative estimate of drug-likeness (QED) is 0.456. The van der Waals surface area contributed by atoms with E-state index in [1.807, 2.05) is 13.8 Å². The van der Waals surface area contributed by atoms with Crippen LogP contribution < -0.4 is 15.4 Å². The average Bonchev–Trinajstić information content (AvgIpc) is 3.38. The zero-order chi connectivity index (χ0) is 24.1. The molecule has 0 saturated carbocycles. The Kier molecular flexibility index (Phi) is 6.72. The number of thioether (sulfide) groups is 1. The summed E-state index contributed by atoms with van der Waals surface area (Å²) in [5.74, 6) is -1.24. The Balaban J connectivity index is 1.76. The Bertz CT molecular complexity index is 945. The van der Waals surface area contributed by atoms with Gasteiger partial charge < -0.3 is 25.4 Å². The number of fused-ring (bicyclic) bond motifs is 1. The highest BCUT2D eigenvalue weighted by Crippen LogP contribution is 2.68. The Labute approximate surface area is 206 Å². The highest BCUT2D eigenvalue weighted by atomic mass is 79.9. The lowest BCUT2D eigenvalue weighted by Gasteiger charge is -2.38. The van der Waals surface area contributed by atoms with Gasteiger partial charge in [0.2, 0.25) is 17.7 Å². The largest absolute Gasteiger partial charge is 0.497 e. The zero-order valence-corrected chi connectivity index (χ0v) is 21.5. The molecule has 3 fully saturated rings. The van der Waals surface area contributed by atoms with Gasteiger partial charge in [-0.15, -0.1) is 11.8 Å². The van der Waals surface area contributed by atoms with E-state index in [0.29, 0.717) is 17.9 Å². The van der Waals surface area contributed by atoms with Crippen molar-refractivity contribution in [3.63, 3.8) is 0 Å². The minimum absolute atomic E-state index is 0.0108. The molecular weight excluding hydrogens is 510 g/mol. The van der Waals surface area contributed by atoms with Crippen LogP contribution in [0.25, 0.3) is 0 Å². The van der Waals surface area contributed by atoms with Crippen molar-refractivity contribution in [3.05, 3.63) is 24.3 Å². The third-order valence-electron chi connectivity index (χ3n) is 7.20. The lowest BCUT2D eigenvalue weighted by Crippen LogP contribution is -2.56. The Morgan fingerprint density at radius 1 is 1.30 bits per heavy atom. The number of benzene rings is 1. The van der Waals surface area contributed by atoms with Crippen molar-refractivity contribution in [3.8, 4) is 5.75 Å². The van der Waals surface area contributed by atoms with E-state index in [0.717, 1.165) is 0 Å². The number of amides is 3. The number of aliphatic hydroxyl groups excluding tert-OH is 1. The highest BCUT2D eigenvalue weighted by molar-refractivity contribution is 9.09. The Morgan fingerprint density at radius 3 is 2.52 bits per heavy atom. The van der Waals surface area contributed by atoms with Crippen LogP contribution in [-0.2, 0) is 14.4 Å². The summed E-state index contributed by atoms with van der Waals surface area (Å²) in [6.45, 7) is 3.59. The van der Waals surface area contributed by atoms with Crippen LogP contribution in [0.3, 0.4) is 0 Å². The molecule has 7 atom stereocenters. The second kappa shape index (κ2) is 9.11. The fourth-order valence-corrected chi connectivity index (χ4v) is 9.30. The van der Waals surface area contributed by atoms with Crippen LogP contribution in [0.15, 0.2) is 24.3 Å². The van der Waals surface area contributed by atoms with Crippen LogP contribution in [0.2, 0.25) is 0 Å². The van der Waals surface area contributed by atoms with Gasteiger partial charge in [-0.25, -0.2) is 0 Å². The van der Waals surface area contributed by atoms with Crippen molar-refractivity contribution in [2.24, 2.45) is 17.8 Å². The van der Waals surface area contributed by atoms with Crippen molar-refractivity contribution in [1.82, 2.24) is 10.2 Å². The molecule has 8 nitrogen and oxygen atoms in total. The summed E-state index contributed by atoms with van der Waals surface area (Å²) < 4.78 is 4.45. The summed E-state index contributed by atoms with van der Waals surface area (Å²) in [5.41, 5.74) is 0.592. The summed E-state index contributed by atoms with van der Waals surface area (Å²) >= 11 is 5.30. The molecule has 1 aromatic rings. The molecule has 3 unspecified atom stereocenters. The number of nitrogens with one attached hydrogen (secondary N) is 2. The van der Waals surface area contributed by atoms with Crippen molar-refractivity contribution in [2.75, 3.05) is 26.1 Å². The number of rotatable bonds is 7.